The molecule has 0 aliphatic heterocycles. The number of halogens is 1. The lowest BCUT2D eigenvalue weighted by molar-refractivity contribution is 0.370. The minimum Gasteiger partial charge on any atom is -0.504 e. The molecule has 0 aliphatic rings. The largest absolute Gasteiger partial charge is 0.504 e. The standard InChI is InChI=1S/C17H23N3O2S.HI/c1-3-18-17(19-10-9-14-7-5-11-23-14)20-12-13-6-4-8-15(22-2)16(13)21;/h4-8,11,21H,3,9-10,12H2,1-2H3,(H2,18,19,20);1H. The number of phenolic OH excluding ortho intramolecular Hbond substituents is 1. The van der Waals surface area contributed by atoms with Crippen molar-refractivity contribution >= 4 is 41.3 Å². The number of ether oxygens (including phenoxy) is 1. The predicted octanol–water partition coefficient (Wildman–Crippen LogP) is 3.38. The molecule has 3 N–H and O–H groups in total. The number of benzene rings is 1. The molecule has 0 bridgehead atoms. The van der Waals surface area contributed by atoms with Crippen molar-refractivity contribution < 1.29 is 9.84 Å². The third-order valence-corrected chi connectivity index (χ3v) is 4.23. The topological polar surface area (TPSA) is 65.9 Å². The smallest absolute Gasteiger partial charge is 0.191 e. The van der Waals surface area contributed by atoms with E-state index in [0.717, 1.165) is 31.0 Å². The highest BCUT2D eigenvalue weighted by molar-refractivity contribution is 14.0. The molecule has 0 atom stereocenters. The number of para-hydroxylation sites is 1. The lowest BCUT2D eigenvalue weighted by atomic mass is 10.2. The van der Waals surface area contributed by atoms with E-state index in [4.69, 9.17) is 4.74 Å². The summed E-state index contributed by atoms with van der Waals surface area (Å²) in [5.74, 6) is 1.35. The van der Waals surface area contributed by atoms with Crippen LogP contribution >= 0.6 is 35.3 Å². The van der Waals surface area contributed by atoms with E-state index in [2.05, 4.69) is 33.1 Å². The van der Waals surface area contributed by atoms with Crippen molar-refractivity contribution in [3.05, 3.63) is 46.2 Å². The maximum atomic E-state index is 10.1. The lowest BCUT2D eigenvalue weighted by Gasteiger charge is -2.12. The van der Waals surface area contributed by atoms with Crippen LogP contribution in [0.3, 0.4) is 0 Å². The van der Waals surface area contributed by atoms with Gasteiger partial charge in [-0.05, 0) is 30.9 Å². The van der Waals surface area contributed by atoms with Crippen molar-refractivity contribution in [1.29, 1.82) is 0 Å². The predicted molar refractivity (Wildman–Crippen MR) is 111 cm³/mol. The Morgan fingerprint density at radius 2 is 2.08 bits per heavy atom. The van der Waals surface area contributed by atoms with E-state index in [1.54, 1.807) is 17.4 Å². The summed E-state index contributed by atoms with van der Waals surface area (Å²) in [4.78, 5) is 5.87. The Morgan fingerprint density at radius 1 is 1.25 bits per heavy atom. The molecular weight excluding hydrogens is 437 g/mol. The molecule has 0 saturated heterocycles. The van der Waals surface area contributed by atoms with Gasteiger partial charge in [-0.25, -0.2) is 4.99 Å². The van der Waals surface area contributed by atoms with Gasteiger partial charge in [0.15, 0.2) is 17.5 Å². The summed E-state index contributed by atoms with van der Waals surface area (Å²) in [5, 5.41) is 18.7. The minimum absolute atomic E-state index is 0. The highest BCUT2D eigenvalue weighted by Crippen LogP contribution is 2.29. The van der Waals surface area contributed by atoms with Crippen LogP contribution < -0.4 is 15.4 Å². The van der Waals surface area contributed by atoms with Gasteiger partial charge in [-0.1, -0.05) is 18.2 Å². The van der Waals surface area contributed by atoms with Crippen LogP contribution in [-0.2, 0) is 13.0 Å². The Morgan fingerprint density at radius 3 is 2.75 bits per heavy atom. The number of aromatic hydroxyl groups is 1. The van der Waals surface area contributed by atoms with Crippen LogP contribution in [-0.4, -0.2) is 31.3 Å². The Bertz CT molecular complexity index is 633. The van der Waals surface area contributed by atoms with E-state index < -0.39 is 0 Å². The third kappa shape index (κ3) is 6.20. The Balaban J connectivity index is 0.00000288. The second kappa shape index (κ2) is 11.1. The number of nitrogens with zero attached hydrogens (tertiary/aromatic N) is 1. The van der Waals surface area contributed by atoms with Gasteiger partial charge in [0.2, 0.25) is 0 Å². The molecular formula is C17H24IN3O2S. The zero-order valence-electron chi connectivity index (χ0n) is 13.9. The van der Waals surface area contributed by atoms with Crippen LogP contribution in [0.5, 0.6) is 11.5 Å². The van der Waals surface area contributed by atoms with Crippen molar-refractivity contribution in [2.75, 3.05) is 20.2 Å². The third-order valence-electron chi connectivity index (χ3n) is 3.30. The van der Waals surface area contributed by atoms with Crippen molar-refractivity contribution in [3.63, 3.8) is 0 Å². The molecule has 0 saturated carbocycles. The van der Waals surface area contributed by atoms with E-state index in [9.17, 15) is 5.11 Å². The first-order valence-electron chi connectivity index (χ1n) is 7.64. The Hall–Kier alpha value is -1.48. The molecule has 0 radical (unpaired) electrons. The number of methoxy groups -OCH3 is 1. The number of hydrogen-bond acceptors (Lipinski definition) is 4. The fraction of sp³-hybridized carbons (Fsp3) is 0.353. The molecule has 5 nitrogen and oxygen atoms in total. The maximum Gasteiger partial charge on any atom is 0.191 e. The summed E-state index contributed by atoms with van der Waals surface area (Å²) in [6.45, 7) is 4.02. The van der Waals surface area contributed by atoms with Crippen molar-refractivity contribution in [3.8, 4) is 11.5 Å². The molecule has 7 heteroatoms. The van der Waals surface area contributed by atoms with Crippen LogP contribution in [0.15, 0.2) is 40.7 Å². The first kappa shape index (κ1) is 20.6. The van der Waals surface area contributed by atoms with E-state index >= 15 is 0 Å². The van der Waals surface area contributed by atoms with Gasteiger partial charge in [-0.15, -0.1) is 35.3 Å². The lowest BCUT2D eigenvalue weighted by Crippen LogP contribution is -2.38. The second-order valence-electron chi connectivity index (χ2n) is 4.92. The van der Waals surface area contributed by atoms with E-state index in [1.807, 2.05) is 19.1 Å². The molecule has 2 aromatic rings. The van der Waals surface area contributed by atoms with Crippen LogP contribution in [0.1, 0.15) is 17.4 Å². The van der Waals surface area contributed by atoms with E-state index in [1.165, 1.54) is 12.0 Å². The van der Waals surface area contributed by atoms with Crippen molar-refractivity contribution in [2.24, 2.45) is 4.99 Å². The number of guanidine groups is 1. The van der Waals surface area contributed by atoms with Gasteiger partial charge in [-0.2, -0.15) is 0 Å². The molecule has 2 rings (SSSR count). The number of nitrogens with one attached hydrogen (secondary N) is 2. The Kier molecular flexibility index (Phi) is 9.55. The molecule has 132 valence electrons. The number of thiophene rings is 1. The quantitative estimate of drug-likeness (QED) is 0.336. The van der Waals surface area contributed by atoms with Crippen LogP contribution in [0.25, 0.3) is 0 Å². The van der Waals surface area contributed by atoms with Crippen LogP contribution in [0.2, 0.25) is 0 Å². The molecule has 0 spiro atoms. The average Bonchev–Trinajstić information content (AvgIpc) is 3.07. The summed E-state index contributed by atoms with van der Waals surface area (Å²) in [6.07, 6.45) is 0.965. The fourth-order valence-corrected chi connectivity index (χ4v) is 2.83. The molecule has 0 amide bonds. The monoisotopic (exact) mass is 461 g/mol. The summed E-state index contributed by atoms with van der Waals surface area (Å²) in [5.41, 5.74) is 0.736. The fourth-order valence-electron chi connectivity index (χ4n) is 2.12. The number of phenols is 1. The van der Waals surface area contributed by atoms with Crippen molar-refractivity contribution in [2.45, 2.75) is 19.9 Å². The first-order chi connectivity index (χ1) is 11.2. The van der Waals surface area contributed by atoms with Crippen LogP contribution in [0, 0.1) is 0 Å². The van der Waals surface area contributed by atoms with Gasteiger partial charge < -0.3 is 20.5 Å². The summed E-state index contributed by atoms with van der Waals surface area (Å²) < 4.78 is 5.12. The summed E-state index contributed by atoms with van der Waals surface area (Å²) in [7, 11) is 1.54. The number of aliphatic imine (C=N–C) groups is 1. The summed E-state index contributed by atoms with van der Waals surface area (Å²) in [6, 6.07) is 9.61. The Labute approximate surface area is 164 Å². The number of hydrogen-bond donors (Lipinski definition) is 3. The highest BCUT2D eigenvalue weighted by atomic mass is 127. The molecule has 1 aromatic heterocycles. The summed E-state index contributed by atoms with van der Waals surface area (Å²) >= 11 is 1.76. The SMILES string of the molecule is CCNC(=NCc1cccc(OC)c1O)NCCc1cccs1.I. The first-order valence-corrected chi connectivity index (χ1v) is 8.52. The van der Waals surface area contributed by atoms with Gasteiger partial charge in [-0.3, -0.25) is 0 Å². The zero-order valence-corrected chi connectivity index (χ0v) is 17.1. The second-order valence-corrected chi connectivity index (χ2v) is 5.95. The van der Waals surface area contributed by atoms with Crippen LogP contribution in [0.4, 0.5) is 0 Å². The van der Waals surface area contributed by atoms with E-state index in [0.29, 0.717) is 12.3 Å². The van der Waals surface area contributed by atoms with E-state index in [-0.39, 0.29) is 29.7 Å². The molecule has 1 heterocycles. The molecule has 0 unspecified atom stereocenters. The molecule has 1 aromatic carbocycles. The number of rotatable bonds is 7. The molecule has 0 fully saturated rings. The van der Waals surface area contributed by atoms with Gasteiger partial charge in [0.05, 0.1) is 13.7 Å². The molecule has 24 heavy (non-hydrogen) atoms. The van der Waals surface area contributed by atoms with Gasteiger partial charge in [0, 0.05) is 23.5 Å². The van der Waals surface area contributed by atoms with Gasteiger partial charge in [0.25, 0.3) is 0 Å². The normalized spacial score (nSPS) is 10.8. The van der Waals surface area contributed by atoms with Crippen molar-refractivity contribution in [1.82, 2.24) is 10.6 Å². The van der Waals surface area contributed by atoms with Gasteiger partial charge >= 0.3 is 0 Å². The van der Waals surface area contributed by atoms with Gasteiger partial charge in [0.1, 0.15) is 0 Å². The molecule has 0 aliphatic carbocycles. The average molecular weight is 461 g/mol. The highest BCUT2D eigenvalue weighted by Gasteiger charge is 2.07. The maximum absolute atomic E-state index is 10.1. The zero-order chi connectivity index (χ0) is 16.5. The minimum atomic E-state index is 0.